The first-order valence-corrected chi connectivity index (χ1v) is 5.95. The summed E-state index contributed by atoms with van der Waals surface area (Å²) in [7, 11) is 0. The standard InChI is InChI=1S/C13H21N3O/c1-4-16(10(2)3)13(17)15-12-7-5-11(9-14)6-8-12/h5-8,10H,4,9,14H2,1-3H3,(H,15,17). The Labute approximate surface area is 103 Å². The van der Waals surface area contributed by atoms with Gasteiger partial charge >= 0.3 is 6.03 Å². The molecule has 1 aromatic rings. The maximum Gasteiger partial charge on any atom is 0.322 e. The number of hydrogen-bond acceptors (Lipinski definition) is 2. The highest BCUT2D eigenvalue weighted by molar-refractivity contribution is 5.89. The summed E-state index contributed by atoms with van der Waals surface area (Å²) in [6.07, 6.45) is 0. The molecular weight excluding hydrogens is 214 g/mol. The molecule has 0 heterocycles. The molecule has 0 aliphatic heterocycles. The second kappa shape index (κ2) is 6.25. The molecule has 94 valence electrons. The van der Waals surface area contributed by atoms with Gasteiger partial charge in [0.15, 0.2) is 0 Å². The number of carbonyl (C=O) groups is 1. The summed E-state index contributed by atoms with van der Waals surface area (Å²) < 4.78 is 0. The lowest BCUT2D eigenvalue weighted by atomic mass is 10.2. The second-order valence-electron chi connectivity index (χ2n) is 4.21. The molecule has 0 unspecified atom stereocenters. The molecule has 0 atom stereocenters. The summed E-state index contributed by atoms with van der Waals surface area (Å²) in [5.74, 6) is 0. The first kappa shape index (κ1) is 13.5. The van der Waals surface area contributed by atoms with E-state index in [9.17, 15) is 4.79 Å². The number of nitrogens with one attached hydrogen (secondary N) is 1. The van der Waals surface area contributed by atoms with Crippen LogP contribution in [0.25, 0.3) is 0 Å². The number of hydrogen-bond donors (Lipinski definition) is 2. The summed E-state index contributed by atoms with van der Waals surface area (Å²) in [6, 6.07) is 7.71. The Morgan fingerprint density at radius 2 is 1.94 bits per heavy atom. The van der Waals surface area contributed by atoms with Crippen LogP contribution in [0.4, 0.5) is 10.5 Å². The van der Waals surface area contributed by atoms with Crippen molar-refractivity contribution in [2.24, 2.45) is 5.73 Å². The summed E-state index contributed by atoms with van der Waals surface area (Å²) in [5.41, 5.74) is 7.37. The van der Waals surface area contributed by atoms with Gasteiger partial charge in [-0.25, -0.2) is 4.79 Å². The Hall–Kier alpha value is -1.55. The molecule has 0 saturated heterocycles. The minimum absolute atomic E-state index is 0.0667. The summed E-state index contributed by atoms with van der Waals surface area (Å²) in [4.78, 5) is 13.7. The van der Waals surface area contributed by atoms with Crippen molar-refractivity contribution in [3.8, 4) is 0 Å². The first-order valence-electron chi connectivity index (χ1n) is 5.95. The van der Waals surface area contributed by atoms with Crippen LogP contribution >= 0.6 is 0 Å². The van der Waals surface area contributed by atoms with Crippen molar-refractivity contribution in [2.45, 2.75) is 33.4 Å². The van der Waals surface area contributed by atoms with Crippen LogP contribution in [0.5, 0.6) is 0 Å². The molecule has 0 aliphatic rings. The zero-order chi connectivity index (χ0) is 12.8. The molecule has 4 nitrogen and oxygen atoms in total. The minimum Gasteiger partial charge on any atom is -0.326 e. The number of amides is 2. The van der Waals surface area contributed by atoms with E-state index < -0.39 is 0 Å². The van der Waals surface area contributed by atoms with Gasteiger partial charge in [0.2, 0.25) is 0 Å². The average Bonchev–Trinajstić information content (AvgIpc) is 2.30. The Bertz CT molecular complexity index is 359. The molecule has 1 aromatic carbocycles. The lowest BCUT2D eigenvalue weighted by Crippen LogP contribution is -2.39. The van der Waals surface area contributed by atoms with Crippen molar-refractivity contribution < 1.29 is 4.79 Å². The largest absolute Gasteiger partial charge is 0.326 e. The molecule has 0 aliphatic carbocycles. The highest BCUT2D eigenvalue weighted by Gasteiger charge is 2.14. The highest BCUT2D eigenvalue weighted by atomic mass is 16.2. The van der Waals surface area contributed by atoms with Gasteiger partial charge < -0.3 is 16.0 Å². The van der Waals surface area contributed by atoms with E-state index in [1.165, 1.54) is 0 Å². The Balaban J connectivity index is 2.66. The zero-order valence-corrected chi connectivity index (χ0v) is 10.7. The number of rotatable bonds is 4. The first-order chi connectivity index (χ1) is 8.08. The smallest absolute Gasteiger partial charge is 0.322 e. The zero-order valence-electron chi connectivity index (χ0n) is 10.7. The number of benzene rings is 1. The fourth-order valence-corrected chi connectivity index (χ4v) is 1.66. The summed E-state index contributed by atoms with van der Waals surface area (Å²) in [5, 5.41) is 2.87. The Morgan fingerprint density at radius 3 is 2.35 bits per heavy atom. The van der Waals surface area contributed by atoms with Gasteiger partial charge in [0.05, 0.1) is 0 Å². The number of nitrogens with zero attached hydrogens (tertiary/aromatic N) is 1. The number of carbonyl (C=O) groups excluding carboxylic acids is 1. The van der Waals surface area contributed by atoms with Crippen LogP contribution in [0.1, 0.15) is 26.3 Å². The van der Waals surface area contributed by atoms with Gasteiger partial charge in [0, 0.05) is 24.8 Å². The number of urea groups is 1. The molecule has 3 N–H and O–H groups in total. The van der Waals surface area contributed by atoms with Crippen LogP contribution in [0.3, 0.4) is 0 Å². The van der Waals surface area contributed by atoms with Crippen molar-refractivity contribution in [1.82, 2.24) is 4.90 Å². The Kier molecular flexibility index (Phi) is 4.97. The predicted molar refractivity (Wildman–Crippen MR) is 70.9 cm³/mol. The van der Waals surface area contributed by atoms with E-state index in [4.69, 9.17) is 5.73 Å². The molecule has 0 radical (unpaired) electrons. The van der Waals surface area contributed by atoms with Crippen molar-refractivity contribution in [3.05, 3.63) is 29.8 Å². The van der Waals surface area contributed by atoms with E-state index in [2.05, 4.69) is 5.32 Å². The quantitative estimate of drug-likeness (QED) is 0.842. The van der Waals surface area contributed by atoms with E-state index in [-0.39, 0.29) is 12.1 Å². The maximum atomic E-state index is 11.9. The number of nitrogens with two attached hydrogens (primary N) is 1. The molecule has 0 bridgehead atoms. The predicted octanol–water partition coefficient (Wildman–Crippen LogP) is 2.41. The minimum atomic E-state index is -0.0667. The van der Waals surface area contributed by atoms with Crippen LogP contribution < -0.4 is 11.1 Å². The van der Waals surface area contributed by atoms with Gasteiger partial charge in [-0.05, 0) is 38.5 Å². The molecule has 1 rings (SSSR count). The molecule has 0 fully saturated rings. The average molecular weight is 235 g/mol. The topological polar surface area (TPSA) is 58.4 Å². The van der Waals surface area contributed by atoms with E-state index >= 15 is 0 Å². The third-order valence-corrected chi connectivity index (χ3v) is 2.67. The lowest BCUT2D eigenvalue weighted by Gasteiger charge is -2.25. The second-order valence-corrected chi connectivity index (χ2v) is 4.21. The van der Waals surface area contributed by atoms with Gasteiger partial charge in [0.1, 0.15) is 0 Å². The molecule has 17 heavy (non-hydrogen) atoms. The number of anilines is 1. The molecule has 2 amide bonds. The SMILES string of the molecule is CCN(C(=O)Nc1ccc(CN)cc1)C(C)C. The van der Waals surface area contributed by atoms with E-state index in [0.717, 1.165) is 11.3 Å². The molecule has 0 aromatic heterocycles. The van der Waals surface area contributed by atoms with Gasteiger partial charge in [-0.3, -0.25) is 0 Å². The molecule has 0 spiro atoms. The lowest BCUT2D eigenvalue weighted by molar-refractivity contribution is 0.201. The Morgan fingerprint density at radius 1 is 1.35 bits per heavy atom. The van der Waals surface area contributed by atoms with Crippen LogP contribution in [-0.2, 0) is 6.54 Å². The third-order valence-electron chi connectivity index (χ3n) is 2.67. The van der Waals surface area contributed by atoms with Gasteiger partial charge in [-0.15, -0.1) is 0 Å². The fourth-order valence-electron chi connectivity index (χ4n) is 1.66. The summed E-state index contributed by atoms with van der Waals surface area (Å²) in [6.45, 7) is 7.18. The van der Waals surface area contributed by atoms with E-state index in [1.54, 1.807) is 4.90 Å². The van der Waals surface area contributed by atoms with Crippen molar-refractivity contribution in [3.63, 3.8) is 0 Å². The van der Waals surface area contributed by atoms with Crippen LogP contribution in [0.15, 0.2) is 24.3 Å². The van der Waals surface area contributed by atoms with Gasteiger partial charge in [-0.2, -0.15) is 0 Å². The van der Waals surface area contributed by atoms with Gasteiger partial charge in [-0.1, -0.05) is 12.1 Å². The summed E-state index contributed by atoms with van der Waals surface area (Å²) >= 11 is 0. The van der Waals surface area contributed by atoms with Gasteiger partial charge in [0.25, 0.3) is 0 Å². The monoisotopic (exact) mass is 235 g/mol. The third kappa shape index (κ3) is 3.75. The maximum absolute atomic E-state index is 11.9. The molecule has 0 saturated carbocycles. The fraction of sp³-hybridized carbons (Fsp3) is 0.462. The van der Waals surface area contributed by atoms with Crippen molar-refractivity contribution >= 4 is 11.7 Å². The van der Waals surface area contributed by atoms with Crippen LogP contribution in [0.2, 0.25) is 0 Å². The molecule has 4 heteroatoms. The van der Waals surface area contributed by atoms with Crippen LogP contribution in [-0.4, -0.2) is 23.5 Å². The van der Waals surface area contributed by atoms with Crippen molar-refractivity contribution in [2.75, 3.05) is 11.9 Å². The normalized spacial score (nSPS) is 10.4. The van der Waals surface area contributed by atoms with Crippen molar-refractivity contribution in [1.29, 1.82) is 0 Å². The van der Waals surface area contributed by atoms with E-state index in [0.29, 0.717) is 13.1 Å². The van der Waals surface area contributed by atoms with E-state index in [1.807, 2.05) is 45.0 Å². The van der Waals surface area contributed by atoms with Crippen LogP contribution in [0, 0.1) is 0 Å². The highest BCUT2D eigenvalue weighted by Crippen LogP contribution is 2.11. The molecular formula is C13H21N3O.